The van der Waals surface area contributed by atoms with Gasteiger partial charge in [-0.3, -0.25) is 69.0 Å². The van der Waals surface area contributed by atoms with Crippen LogP contribution in [0.4, 0.5) is 0 Å². The topological polar surface area (TPSA) is 520 Å². The molecule has 5 amide bonds. The average Bonchev–Trinajstić information content (AvgIpc) is 1.00. The summed E-state index contributed by atoms with van der Waals surface area (Å²) in [4.78, 5) is 149. The van der Waals surface area contributed by atoms with Gasteiger partial charge in [0.2, 0.25) is 29.5 Å². The minimum absolute atomic E-state index is 0.0115. The summed E-state index contributed by atoms with van der Waals surface area (Å²) >= 11 is 0. The molecule has 29 nitrogen and oxygen atoms in total. The lowest BCUT2D eigenvalue weighted by Crippen LogP contribution is -2.49. The number of hydrogen-bond acceptors (Lipinski definition) is 16. The second kappa shape index (κ2) is 52.0. The van der Waals surface area contributed by atoms with Gasteiger partial charge in [0.15, 0.2) is 41.0 Å². The number of Topliss-reactive ketones (excluding diaryl/α,β-unsaturated/α-hetero) is 4. The summed E-state index contributed by atoms with van der Waals surface area (Å²) in [6.45, 7) is 8.74. The van der Waals surface area contributed by atoms with Crippen LogP contribution < -0.4 is 65.5 Å². The average molecular weight is 1330 g/mol. The van der Waals surface area contributed by atoms with Crippen LogP contribution in [0.25, 0.3) is 0 Å². The number of guanidine groups is 3. The molecule has 0 radical (unpaired) electrons. The van der Waals surface area contributed by atoms with Gasteiger partial charge in [-0.25, -0.2) is 0 Å². The number of carbonyl (C=O) groups is 11. The summed E-state index contributed by atoms with van der Waals surface area (Å²) in [5.74, 6) is -15.1. The quantitative estimate of drug-likeness (QED) is 0.0235. The van der Waals surface area contributed by atoms with Crippen LogP contribution in [0.5, 0.6) is 0 Å². The van der Waals surface area contributed by atoms with Crippen LogP contribution in [0.1, 0.15) is 234 Å². The normalized spacial score (nSPS) is 14.3. The zero-order valence-corrected chi connectivity index (χ0v) is 56.9. The highest BCUT2D eigenvalue weighted by molar-refractivity contribution is 5.98. The first-order valence-corrected chi connectivity index (χ1v) is 34.2. The molecule has 0 aromatic rings. The molecule has 0 aliphatic carbocycles. The second-order valence-electron chi connectivity index (χ2n) is 25.1. The molecule has 0 saturated carbocycles. The van der Waals surface area contributed by atoms with Gasteiger partial charge in [-0.2, -0.15) is 0 Å². The number of hydrogen-bond donors (Lipinski definition) is 18. The highest BCUT2D eigenvalue weighted by Crippen LogP contribution is 2.22. The fourth-order valence-corrected chi connectivity index (χ4v) is 10.7. The number of aliphatic hydroxyl groups is 1. The molecule has 0 bridgehead atoms. The van der Waals surface area contributed by atoms with Gasteiger partial charge in [-0.05, 0) is 96.9 Å². The lowest BCUT2D eigenvalue weighted by atomic mass is 9.89. The Morgan fingerprint density at radius 1 is 0.404 bits per heavy atom. The number of ketones is 4. The predicted molar refractivity (Wildman–Crippen MR) is 360 cm³/mol. The lowest BCUT2D eigenvalue weighted by Gasteiger charge is -2.26. The monoisotopic (exact) mass is 1330 g/mol. The maximum atomic E-state index is 14.6. The van der Waals surface area contributed by atoms with Crippen LogP contribution in [0.2, 0.25) is 0 Å². The number of nitrogens with one attached hydrogen (secondary N) is 11. The first kappa shape index (κ1) is 86.7. The van der Waals surface area contributed by atoms with E-state index < -0.39 is 152 Å². The molecular formula is C65H119N15O14. The third-order valence-corrected chi connectivity index (χ3v) is 16.9. The highest BCUT2D eigenvalue weighted by atomic mass is 16.4. The minimum atomic E-state index is -1.48. The summed E-state index contributed by atoms with van der Waals surface area (Å²) < 4.78 is 0. The van der Waals surface area contributed by atoms with Crippen molar-refractivity contribution in [1.29, 1.82) is 16.2 Å². The van der Waals surface area contributed by atoms with Gasteiger partial charge in [0, 0.05) is 76.0 Å². The Morgan fingerprint density at radius 2 is 0.798 bits per heavy atom. The van der Waals surface area contributed by atoms with Gasteiger partial charge in [-0.15, -0.1) is 0 Å². The largest absolute Gasteiger partial charge is 0.481 e. The first-order chi connectivity index (χ1) is 44.6. The van der Waals surface area contributed by atoms with Crippen LogP contribution in [0.3, 0.4) is 0 Å². The van der Waals surface area contributed by atoms with Crippen LogP contribution in [-0.2, 0) is 52.7 Å². The molecule has 10 atom stereocenters. The number of aliphatic carboxylic acids is 2. The summed E-state index contributed by atoms with van der Waals surface area (Å²) in [5.41, 5.74) is 22.3. The van der Waals surface area contributed by atoms with E-state index in [1.165, 1.54) is 58.3 Å². The third-order valence-electron chi connectivity index (χ3n) is 16.9. The second-order valence-corrected chi connectivity index (χ2v) is 25.1. The Kier molecular flexibility index (Phi) is 48.0. The number of carboxylic acids is 2. The molecule has 0 heterocycles. The van der Waals surface area contributed by atoms with E-state index >= 15 is 0 Å². The fourth-order valence-electron chi connectivity index (χ4n) is 10.7. The standard InChI is InChI=1S/C65H119N15O14/c1-6-8-9-10-11-12-13-14-15-16-17-18-19-29-56(86)78-49(27-23-34-74-64(69)70)53(83)37-46(30-31-57(87)88)60(92)79-50(26-20-21-32-66)54(84)36-45(25-22-33-73-63(67)68)59(91)80-51(28-24-35-75-65(71)72)55(85)39-48(41-81)62(94)77-44(5)52(82)38-47(40-58(89)90)61(93)76-43(4)42(3)7-2/h42-51,81H,6-41,66H2,1-5H3,(H,76,93)(H,77,94)(H,78,86)(H,79,92)(H,80,91)(H,87,88)(H,89,90)(H4,67,68,73)(H4,69,70,74)(H4,71,72,75)/t42-,43+,44-,45?,46+,47-,48-,49-,50-,51-/m0/s1. The number of nitrogens with two attached hydrogens (primary N) is 4. The molecule has 1 unspecified atom stereocenters. The van der Waals surface area contributed by atoms with Crippen LogP contribution >= 0.6 is 0 Å². The molecule has 0 aromatic heterocycles. The number of amides is 5. The minimum Gasteiger partial charge on any atom is -0.481 e. The highest BCUT2D eigenvalue weighted by Gasteiger charge is 2.36. The summed E-state index contributed by atoms with van der Waals surface area (Å²) in [6.07, 6.45) is 12.9. The zero-order valence-electron chi connectivity index (χ0n) is 56.9. The SMILES string of the molecule is CCCCCCCCCCCCCCCC(=O)N[C@@H](CCCNC(=N)N)C(=O)C[C@@H](CCC(=O)O)C(=O)N[C@@H](CCCCN)C(=O)CC(CCCNC(=N)N)C(=O)N[C@@H](CCCNC(=N)N)C(=O)C[C@@H](CO)C(=O)N[C@@H](C)C(=O)C[C@@H](CC(=O)O)C(=O)N[C@H](C)[C@@H](C)CC. The molecule has 538 valence electrons. The maximum absolute atomic E-state index is 14.6. The van der Waals surface area contributed by atoms with E-state index in [9.17, 15) is 68.1 Å². The van der Waals surface area contributed by atoms with Crippen molar-refractivity contribution in [2.45, 2.75) is 264 Å². The van der Waals surface area contributed by atoms with E-state index in [4.69, 9.17) is 39.2 Å². The van der Waals surface area contributed by atoms with E-state index in [0.717, 1.165) is 32.1 Å². The van der Waals surface area contributed by atoms with Crippen molar-refractivity contribution >= 4 is 82.5 Å². The van der Waals surface area contributed by atoms with E-state index in [1.807, 2.05) is 13.8 Å². The number of carbonyl (C=O) groups excluding carboxylic acids is 9. The number of unbranched alkanes of at least 4 members (excludes halogenated alkanes) is 13. The van der Waals surface area contributed by atoms with E-state index in [0.29, 0.717) is 19.3 Å². The van der Waals surface area contributed by atoms with Gasteiger partial charge in [0.25, 0.3) is 0 Å². The van der Waals surface area contributed by atoms with Crippen molar-refractivity contribution < 1.29 is 68.1 Å². The Labute approximate surface area is 556 Å². The molecule has 0 aliphatic heterocycles. The molecule has 0 spiro atoms. The van der Waals surface area contributed by atoms with Gasteiger partial charge < -0.3 is 80.8 Å². The molecular weight excluding hydrogens is 1210 g/mol. The van der Waals surface area contributed by atoms with Crippen LogP contribution in [0, 0.1) is 45.8 Å². The Bertz CT molecular complexity index is 2360. The molecule has 0 rings (SSSR count). The van der Waals surface area contributed by atoms with Gasteiger partial charge in [0.05, 0.1) is 49.0 Å². The number of rotatable bonds is 59. The summed E-state index contributed by atoms with van der Waals surface area (Å²) in [7, 11) is 0. The maximum Gasteiger partial charge on any atom is 0.304 e. The molecule has 0 aromatic carbocycles. The van der Waals surface area contributed by atoms with Crippen molar-refractivity contribution in [2.75, 3.05) is 32.8 Å². The van der Waals surface area contributed by atoms with Crippen molar-refractivity contribution in [3.8, 4) is 0 Å². The van der Waals surface area contributed by atoms with Crippen molar-refractivity contribution in [3.05, 3.63) is 0 Å². The molecule has 29 heteroatoms. The lowest BCUT2D eigenvalue weighted by molar-refractivity contribution is -0.142. The van der Waals surface area contributed by atoms with Crippen molar-refractivity contribution in [1.82, 2.24) is 42.5 Å². The van der Waals surface area contributed by atoms with Crippen LogP contribution in [-0.4, -0.2) is 161 Å². The fraction of sp³-hybridized carbons (Fsp3) is 0.785. The van der Waals surface area contributed by atoms with E-state index in [2.05, 4.69) is 49.5 Å². The van der Waals surface area contributed by atoms with E-state index in [-0.39, 0.29) is 120 Å². The van der Waals surface area contributed by atoms with Crippen molar-refractivity contribution in [2.24, 2.45) is 52.5 Å². The summed E-state index contributed by atoms with van der Waals surface area (Å²) in [6, 6.07) is -5.39. The third kappa shape index (κ3) is 42.1. The Morgan fingerprint density at radius 3 is 1.22 bits per heavy atom. The van der Waals surface area contributed by atoms with E-state index in [1.54, 1.807) is 6.92 Å². The van der Waals surface area contributed by atoms with Gasteiger partial charge >= 0.3 is 11.9 Å². The first-order valence-electron chi connectivity index (χ1n) is 34.2. The van der Waals surface area contributed by atoms with Crippen LogP contribution in [0.15, 0.2) is 0 Å². The number of carboxylic acid groups (broad SMARTS) is 2. The smallest absolute Gasteiger partial charge is 0.304 e. The summed E-state index contributed by atoms with van der Waals surface area (Å²) in [5, 5.41) is 73.9. The molecule has 0 fully saturated rings. The van der Waals surface area contributed by atoms with Gasteiger partial charge in [0.1, 0.15) is 0 Å². The van der Waals surface area contributed by atoms with Crippen molar-refractivity contribution in [3.63, 3.8) is 0 Å². The van der Waals surface area contributed by atoms with Gasteiger partial charge in [-0.1, -0.05) is 104 Å². The Balaban J connectivity index is 6.75. The molecule has 94 heavy (non-hydrogen) atoms. The zero-order chi connectivity index (χ0) is 71.0. The Hall–Kier alpha value is -7.30. The predicted octanol–water partition coefficient (Wildman–Crippen LogP) is 3.53. The number of aliphatic hydroxyl groups excluding tert-OH is 1. The molecule has 22 N–H and O–H groups in total. The molecule has 0 saturated heterocycles. The molecule has 0 aliphatic rings.